The first-order valence-electron chi connectivity index (χ1n) is 8.15. The number of likely N-dealkylation sites (tertiary alicyclic amines) is 1. The summed E-state index contributed by atoms with van der Waals surface area (Å²) in [5.41, 5.74) is -0.0199. The van der Waals surface area contributed by atoms with Gasteiger partial charge in [0, 0.05) is 19.6 Å². The van der Waals surface area contributed by atoms with Gasteiger partial charge in [0.1, 0.15) is 0 Å². The Balaban J connectivity index is 1.74. The van der Waals surface area contributed by atoms with Gasteiger partial charge in [-0.1, -0.05) is 12.1 Å². The number of carbonyl (C=O) groups excluding carboxylic acids is 2. The number of likely N-dealkylation sites (N-methyl/N-ethyl adjacent to an activating group) is 1. The van der Waals surface area contributed by atoms with Crippen LogP contribution in [0.5, 0.6) is 0 Å². The number of nitrogens with zero attached hydrogens (tertiary/aromatic N) is 2. The Hall–Kier alpha value is -2.09. The van der Waals surface area contributed by atoms with Crippen molar-refractivity contribution in [2.45, 2.75) is 25.6 Å². The zero-order valence-electron chi connectivity index (χ0n) is 14.1. The predicted octanol–water partition coefficient (Wildman–Crippen LogP) is 1.88. The number of rotatable bonds is 6. The van der Waals surface area contributed by atoms with E-state index in [9.17, 15) is 22.8 Å². The highest BCUT2D eigenvalue weighted by atomic mass is 19.4. The third-order valence-corrected chi connectivity index (χ3v) is 4.04. The number of benzene rings is 1. The molecule has 1 aromatic carbocycles. The summed E-state index contributed by atoms with van der Waals surface area (Å²) >= 11 is 0. The van der Waals surface area contributed by atoms with Crippen LogP contribution in [-0.4, -0.2) is 54.8 Å². The first-order valence-corrected chi connectivity index (χ1v) is 8.15. The third kappa shape index (κ3) is 6.04. The molecule has 2 amide bonds. The molecule has 1 heterocycles. The van der Waals surface area contributed by atoms with E-state index in [2.05, 4.69) is 5.32 Å². The molecule has 1 aromatic rings. The van der Waals surface area contributed by atoms with Crippen LogP contribution in [0.15, 0.2) is 24.3 Å². The number of amides is 2. The first-order chi connectivity index (χ1) is 11.8. The quantitative estimate of drug-likeness (QED) is 0.846. The molecular weight excluding hydrogens is 335 g/mol. The van der Waals surface area contributed by atoms with Gasteiger partial charge in [0.05, 0.1) is 18.7 Å². The minimum Gasteiger partial charge on any atom is -0.346 e. The maximum absolute atomic E-state index is 12.5. The molecular formula is C17H22F3N3O2. The second kappa shape index (κ2) is 8.33. The zero-order chi connectivity index (χ0) is 18.4. The van der Waals surface area contributed by atoms with Crippen LogP contribution >= 0.6 is 0 Å². The fraction of sp³-hybridized carbons (Fsp3) is 0.529. The van der Waals surface area contributed by atoms with Crippen LogP contribution in [0, 0.1) is 0 Å². The minimum atomic E-state index is -4.35. The molecule has 0 atom stereocenters. The van der Waals surface area contributed by atoms with E-state index in [1.54, 1.807) is 16.8 Å². The lowest BCUT2D eigenvalue weighted by Crippen LogP contribution is -2.42. The van der Waals surface area contributed by atoms with Gasteiger partial charge in [-0.2, -0.15) is 13.2 Å². The fourth-order valence-electron chi connectivity index (χ4n) is 2.72. The molecule has 0 aromatic heterocycles. The number of carbonyl (C=O) groups is 2. The Labute approximate surface area is 144 Å². The highest BCUT2D eigenvalue weighted by Crippen LogP contribution is 2.29. The molecule has 1 fully saturated rings. The summed E-state index contributed by atoms with van der Waals surface area (Å²) in [7, 11) is 1.69. The topological polar surface area (TPSA) is 52.7 Å². The molecule has 25 heavy (non-hydrogen) atoms. The van der Waals surface area contributed by atoms with Crippen LogP contribution in [0.1, 0.15) is 24.0 Å². The lowest BCUT2D eigenvalue weighted by molar-refractivity contribution is -0.137. The summed E-state index contributed by atoms with van der Waals surface area (Å²) in [5, 5.41) is 2.58. The summed E-state index contributed by atoms with van der Waals surface area (Å²) < 4.78 is 37.6. The molecule has 0 spiro atoms. The molecule has 1 aliphatic rings. The molecule has 138 valence electrons. The van der Waals surface area contributed by atoms with Crippen molar-refractivity contribution in [3.05, 3.63) is 35.4 Å². The molecule has 0 aliphatic carbocycles. The van der Waals surface area contributed by atoms with Crippen LogP contribution in [0.4, 0.5) is 13.2 Å². The number of alkyl halides is 3. The Morgan fingerprint density at radius 1 is 1.16 bits per heavy atom. The van der Waals surface area contributed by atoms with Crippen molar-refractivity contribution in [2.75, 3.05) is 33.2 Å². The molecule has 0 bridgehead atoms. The van der Waals surface area contributed by atoms with Gasteiger partial charge in [0.15, 0.2) is 0 Å². The van der Waals surface area contributed by atoms with Gasteiger partial charge in [0.25, 0.3) is 0 Å². The predicted molar refractivity (Wildman–Crippen MR) is 86.6 cm³/mol. The minimum absolute atomic E-state index is 0.0209. The van der Waals surface area contributed by atoms with Crippen molar-refractivity contribution in [2.24, 2.45) is 0 Å². The summed E-state index contributed by atoms with van der Waals surface area (Å²) in [4.78, 5) is 27.1. The molecule has 1 aliphatic heterocycles. The Bertz CT molecular complexity index is 596. The van der Waals surface area contributed by atoms with Gasteiger partial charge in [-0.05, 0) is 37.6 Å². The molecule has 0 saturated carbocycles. The molecule has 0 unspecified atom stereocenters. The summed E-state index contributed by atoms with van der Waals surface area (Å²) in [6, 6.07) is 4.85. The molecule has 8 heteroatoms. The summed E-state index contributed by atoms with van der Waals surface area (Å²) in [5.74, 6) is -0.377. The third-order valence-electron chi connectivity index (χ3n) is 4.04. The van der Waals surface area contributed by atoms with Crippen LogP contribution in [0.25, 0.3) is 0 Å². The SMILES string of the molecule is CN(CC(=O)NCC(=O)N1CCCC1)Cc1ccc(C(F)(F)F)cc1. The van der Waals surface area contributed by atoms with Crippen molar-refractivity contribution in [1.29, 1.82) is 0 Å². The van der Waals surface area contributed by atoms with Crippen molar-refractivity contribution >= 4 is 11.8 Å². The monoisotopic (exact) mass is 357 g/mol. The van der Waals surface area contributed by atoms with Crippen LogP contribution in [0.2, 0.25) is 0 Å². The molecule has 1 N–H and O–H groups in total. The molecule has 1 saturated heterocycles. The van der Waals surface area contributed by atoms with Crippen LogP contribution in [0.3, 0.4) is 0 Å². The average molecular weight is 357 g/mol. The highest BCUT2D eigenvalue weighted by molar-refractivity contribution is 5.85. The second-order valence-electron chi connectivity index (χ2n) is 6.23. The average Bonchev–Trinajstić information content (AvgIpc) is 3.06. The van der Waals surface area contributed by atoms with E-state index in [-0.39, 0.29) is 24.9 Å². The van der Waals surface area contributed by atoms with Gasteiger partial charge in [-0.3, -0.25) is 14.5 Å². The maximum atomic E-state index is 12.5. The van der Waals surface area contributed by atoms with Gasteiger partial charge >= 0.3 is 6.18 Å². The highest BCUT2D eigenvalue weighted by Gasteiger charge is 2.29. The maximum Gasteiger partial charge on any atom is 0.416 e. The van der Waals surface area contributed by atoms with Crippen LogP contribution < -0.4 is 5.32 Å². The van der Waals surface area contributed by atoms with E-state index in [0.29, 0.717) is 12.1 Å². The molecule has 0 radical (unpaired) electrons. The van der Waals surface area contributed by atoms with Gasteiger partial charge < -0.3 is 10.2 Å². The van der Waals surface area contributed by atoms with E-state index in [4.69, 9.17) is 0 Å². The van der Waals surface area contributed by atoms with E-state index in [0.717, 1.165) is 38.1 Å². The molecule has 5 nitrogen and oxygen atoms in total. The van der Waals surface area contributed by atoms with Gasteiger partial charge in [-0.15, -0.1) is 0 Å². The normalized spacial score (nSPS) is 14.8. The van der Waals surface area contributed by atoms with E-state index in [1.807, 2.05) is 0 Å². The Morgan fingerprint density at radius 2 is 1.76 bits per heavy atom. The van der Waals surface area contributed by atoms with Crippen LogP contribution in [-0.2, 0) is 22.3 Å². The number of hydrogen-bond donors (Lipinski definition) is 1. The van der Waals surface area contributed by atoms with Gasteiger partial charge in [0.2, 0.25) is 11.8 Å². The van der Waals surface area contributed by atoms with Crippen molar-refractivity contribution in [3.63, 3.8) is 0 Å². The van der Waals surface area contributed by atoms with Crippen molar-refractivity contribution in [1.82, 2.24) is 15.1 Å². The summed E-state index contributed by atoms with van der Waals surface area (Å²) in [6.07, 6.45) is -2.36. The number of halogens is 3. The van der Waals surface area contributed by atoms with Crippen molar-refractivity contribution in [3.8, 4) is 0 Å². The van der Waals surface area contributed by atoms with E-state index in [1.165, 1.54) is 12.1 Å². The lowest BCUT2D eigenvalue weighted by atomic mass is 10.1. The number of hydrogen-bond acceptors (Lipinski definition) is 3. The Kier molecular flexibility index (Phi) is 6.41. The number of nitrogens with one attached hydrogen (secondary N) is 1. The van der Waals surface area contributed by atoms with E-state index >= 15 is 0 Å². The van der Waals surface area contributed by atoms with Gasteiger partial charge in [-0.25, -0.2) is 0 Å². The molecule has 2 rings (SSSR count). The smallest absolute Gasteiger partial charge is 0.346 e. The Morgan fingerprint density at radius 3 is 2.32 bits per heavy atom. The fourth-order valence-corrected chi connectivity index (χ4v) is 2.72. The van der Waals surface area contributed by atoms with Crippen molar-refractivity contribution < 1.29 is 22.8 Å². The van der Waals surface area contributed by atoms with E-state index < -0.39 is 11.7 Å². The lowest BCUT2D eigenvalue weighted by Gasteiger charge is -2.18. The first kappa shape index (κ1) is 19.2. The standard InChI is InChI=1S/C17H22F3N3O2/c1-22(11-13-4-6-14(7-5-13)17(18,19)20)12-15(24)21-10-16(25)23-8-2-3-9-23/h4-7H,2-3,8-12H2,1H3,(H,21,24). The largest absolute Gasteiger partial charge is 0.416 e. The second-order valence-corrected chi connectivity index (χ2v) is 6.23. The summed E-state index contributed by atoms with van der Waals surface area (Å²) in [6.45, 7) is 1.86. The zero-order valence-corrected chi connectivity index (χ0v) is 14.1.